The molecule has 0 radical (unpaired) electrons. The first-order chi connectivity index (χ1) is 8.79. The Kier molecular flexibility index (Phi) is 5.08. The predicted molar refractivity (Wildman–Crippen MR) is 74.4 cm³/mol. The predicted octanol–water partition coefficient (Wildman–Crippen LogP) is 1.51. The Morgan fingerprint density at radius 2 is 1.89 bits per heavy atom. The lowest BCUT2D eigenvalue weighted by molar-refractivity contribution is 0.0764. The maximum atomic E-state index is 12.3. The first kappa shape index (κ1) is 15.7. The second-order valence-corrected chi connectivity index (χ2v) is 6.03. The van der Waals surface area contributed by atoms with Gasteiger partial charge in [-0.3, -0.25) is 4.79 Å². The molecule has 19 heavy (non-hydrogen) atoms. The molecule has 0 atom stereocenters. The van der Waals surface area contributed by atoms with Gasteiger partial charge in [0.15, 0.2) is 0 Å². The van der Waals surface area contributed by atoms with E-state index in [2.05, 4.69) is 0 Å². The molecular formula is C13H20N2O3S. The van der Waals surface area contributed by atoms with Crippen LogP contribution in [-0.2, 0) is 10.0 Å². The van der Waals surface area contributed by atoms with Crippen molar-refractivity contribution in [1.82, 2.24) is 4.90 Å². The number of amides is 1. The normalized spacial score (nSPS) is 11.4. The van der Waals surface area contributed by atoms with E-state index in [4.69, 9.17) is 5.14 Å². The minimum absolute atomic E-state index is 0.0246. The molecule has 0 aromatic heterocycles. The van der Waals surface area contributed by atoms with Gasteiger partial charge in [-0.2, -0.15) is 0 Å². The zero-order valence-corrected chi connectivity index (χ0v) is 12.3. The van der Waals surface area contributed by atoms with Gasteiger partial charge in [0, 0.05) is 18.7 Å². The van der Waals surface area contributed by atoms with Crippen molar-refractivity contribution in [2.24, 2.45) is 5.14 Å². The van der Waals surface area contributed by atoms with Crippen LogP contribution in [0.25, 0.3) is 0 Å². The molecule has 0 aliphatic heterocycles. The summed E-state index contributed by atoms with van der Waals surface area (Å²) in [5.74, 6) is -0.169. The Balaban J connectivity index is 3.20. The topological polar surface area (TPSA) is 80.5 Å². The summed E-state index contributed by atoms with van der Waals surface area (Å²) in [6.45, 7) is 6.85. The van der Waals surface area contributed by atoms with Gasteiger partial charge in [0.25, 0.3) is 5.91 Å². The lowest BCUT2D eigenvalue weighted by Gasteiger charge is -2.20. The molecule has 6 heteroatoms. The molecule has 1 aromatic rings. The van der Waals surface area contributed by atoms with Crippen molar-refractivity contribution in [2.75, 3.05) is 13.1 Å². The largest absolute Gasteiger partial charge is 0.339 e. The van der Waals surface area contributed by atoms with Crippen molar-refractivity contribution in [3.8, 4) is 0 Å². The fourth-order valence-corrected chi connectivity index (χ4v) is 2.53. The Hall–Kier alpha value is -1.40. The Morgan fingerprint density at radius 1 is 1.26 bits per heavy atom. The summed E-state index contributed by atoms with van der Waals surface area (Å²) in [4.78, 5) is 13.9. The van der Waals surface area contributed by atoms with Crippen molar-refractivity contribution in [2.45, 2.75) is 32.1 Å². The van der Waals surface area contributed by atoms with Crippen LogP contribution in [0.15, 0.2) is 23.1 Å². The van der Waals surface area contributed by atoms with Crippen LogP contribution >= 0.6 is 0 Å². The molecular weight excluding hydrogens is 264 g/mol. The van der Waals surface area contributed by atoms with Crippen molar-refractivity contribution < 1.29 is 13.2 Å². The van der Waals surface area contributed by atoms with Gasteiger partial charge in [0.1, 0.15) is 0 Å². The van der Waals surface area contributed by atoms with Gasteiger partial charge in [0.2, 0.25) is 10.0 Å². The summed E-state index contributed by atoms with van der Waals surface area (Å²) in [5.41, 5.74) is 1.06. The lowest BCUT2D eigenvalue weighted by Crippen LogP contribution is -2.31. The number of aryl methyl sites for hydroxylation is 1. The highest BCUT2D eigenvalue weighted by Gasteiger charge is 2.17. The van der Waals surface area contributed by atoms with E-state index in [1.54, 1.807) is 17.9 Å². The van der Waals surface area contributed by atoms with E-state index in [1.165, 1.54) is 12.1 Å². The van der Waals surface area contributed by atoms with Gasteiger partial charge < -0.3 is 4.90 Å². The zero-order valence-electron chi connectivity index (χ0n) is 11.5. The molecule has 2 N–H and O–H groups in total. The SMILES string of the molecule is CCCN(CC)C(=O)c1cc(C)cc(S(N)(=O)=O)c1. The van der Waals surface area contributed by atoms with Gasteiger partial charge in [0.05, 0.1) is 4.90 Å². The van der Waals surface area contributed by atoms with Crippen LogP contribution in [0.3, 0.4) is 0 Å². The second-order valence-electron chi connectivity index (χ2n) is 4.46. The molecule has 0 fully saturated rings. The van der Waals surface area contributed by atoms with Crippen LogP contribution < -0.4 is 5.14 Å². The van der Waals surface area contributed by atoms with E-state index < -0.39 is 10.0 Å². The molecule has 0 aliphatic carbocycles. The number of carbonyl (C=O) groups is 1. The van der Waals surface area contributed by atoms with Gasteiger partial charge in [-0.1, -0.05) is 6.92 Å². The van der Waals surface area contributed by atoms with E-state index in [9.17, 15) is 13.2 Å². The second kappa shape index (κ2) is 6.16. The summed E-state index contributed by atoms with van der Waals surface area (Å²) in [6, 6.07) is 4.47. The summed E-state index contributed by atoms with van der Waals surface area (Å²) in [7, 11) is -3.80. The molecule has 1 amide bonds. The van der Waals surface area contributed by atoms with E-state index in [0.717, 1.165) is 6.42 Å². The van der Waals surface area contributed by atoms with E-state index in [-0.39, 0.29) is 10.8 Å². The average molecular weight is 284 g/mol. The maximum absolute atomic E-state index is 12.3. The number of nitrogens with two attached hydrogens (primary N) is 1. The van der Waals surface area contributed by atoms with Crippen molar-refractivity contribution in [1.29, 1.82) is 0 Å². The zero-order chi connectivity index (χ0) is 14.6. The molecule has 106 valence electrons. The van der Waals surface area contributed by atoms with Crippen molar-refractivity contribution in [3.63, 3.8) is 0 Å². The molecule has 5 nitrogen and oxygen atoms in total. The third-order valence-corrected chi connectivity index (χ3v) is 3.68. The van der Waals surface area contributed by atoms with Crippen LogP contribution in [0.4, 0.5) is 0 Å². The number of hydrogen-bond acceptors (Lipinski definition) is 3. The number of benzene rings is 1. The smallest absolute Gasteiger partial charge is 0.253 e. The van der Waals surface area contributed by atoms with Crippen LogP contribution in [0, 0.1) is 6.92 Å². The number of rotatable bonds is 5. The maximum Gasteiger partial charge on any atom is 0.253 e. The highest BCUT2D eigenvalue weighted by atomic mass is 32.2. The molecule has 0 aliphatic rings. The van der Waals surface area contributed by atoms with Crippen LogP contribution in [0.5, 0.6) is 0 Å². The first-order valence-corrected chi connectivity index (χ1v) is 7.78. The quantitative estimate of drug-likeness (QED) is 0.890. The summed E-state index contributed by atoms with van der Waals surface area (Å²) >= 11 is 0. The summed E-state index contributed by atoms with van der Waals surface area (Å²) in [6.07, 6.45) is 0.855. The number of nitrogens with zero attached hydrogens (tertiary/aromatic N) is 1. The molecule has 0 spiro atoms. The highest BCUT2D eigenvalue weighted by molar-refractivity contribution is 7.89. The minimum atomic E-state index is -3.80. The first-order valence-electron chi connectivity index (χ1n) is 6.23. The molecule has 0 bridgehead atoms. The Morgan fingerprint density at radius 3 is 2.37 bits per heavy atom. The molecule has 0 unspecified atom stereocenters. The van der Waals surface area contributed by atoms with Gasteiger partial charge in [-0.05, 0) is 44.0 Å². The summed E-state index contributed by atoms with van der Waals surface area (Å²) in [5, 5.41) is 5.11. The molecule has 0 saturated carbocycles. The van der Waals surface area contributed by atoms with Gasteiger partial charge in [-0.25, -0.2) is 13.6 Å². The molecule has 0 heterocycles. The standard InChI is InChI=1S/C13H20N2O3S/c1-4-6-15(5-2)13(16)11-7-10(3)8-12(9-11)19(14,17)18/h7-9H,4-6H2,1-3H3,(H2,14,17,18). The molecule has 1 rings (SSSR count). The minimum Gasteiger partial charge on any atom is -0.339 e. The van der Waals surface area contributed by atoms with Crippen LogP contribution in [0.2, 0.25) is 0 Å². The Bertz CT molecular complexity index is 567. The van der Waals surface area contributed by atoms with Gasteiger partial charge >= 0.3 is 0 Å². The van der Waals surface area contributed by atoms with Crippen molar-refractivity contribution >= 4 is 15.9 Å². The number of hydrogen-bond donors (Lipinski definition) is 1. The number of sulfonamides is 1. The van der Waals surface area contributed by atoms with E-state index >= 15 is 0 Å². The van der Waals surface area contributed by atoms with Gasteiger partial charge in [-0.15, -0.1) is 0 Å². The van der Waals surface area contributed by atoms with E-state index in [1.807, 2.05) is 13.8 Å². The summed E-state index contributed by atoms with van der Waals surface area (Å²) < 4.78 is 22.8. The number of carbonyl (C=O) groups excluding carboxylic acids is 1. The highest BCUT2D eigenvalue weighted by Crippen LogP contribution is 2.15. The number of primary sulfonamides is 1. The monoisotopic (exact) mass is 284 g/mol. The molecule has 1 aromatic carbocycles. The lowest BCUT2D eigenvalue weighted by atomic mass is 10.1. The Labute approximate surface area is 114 Å². The third kappa shape index (κ3) is 4.04. The van der Waals surface area contributed by atoms with Crippen LogP contribution in [0.1, 0.15) is 36.2 Å². The third-order valence-electron chi connectivity index (χ3n) is 2.79. The molecule has 0 saturated heterocycles. The fraction of sp³-hybridized carbons (Fsp3) is 0.462. The van der Waals surface area contributed by atoms with E-state index in [0.29, 0.717) is 24.2 Å². The fourth-order valence-electron chi connectivity index (χ4n) is 1.89. The van der Waals surface area contributed by atoms with Crippen molar-refractivity contribution in [3.05, 3.63) is 29.3 Å². The average Bonchev–Trinajstić information content (AvgIpc) is 2.33. The van der Waals surface area contributed by atoms with Crippen LogP contribution in [-0.4, -0.2) is 32.3 Å².